The molecule has 0 unspecified atom stereocenters. The maximum atomic E-state index is 12.0. The van der Waals surface area contributed by atoms with Crippen molar-refractivity contribution in [2.45, 2.75) is 63.9 Å². The maximum absolute atomic E-state index is 12.0. The van der Waals surface area contributed by atoms with Crippen molar-refractivity contribution < 1.29 is 19.0 Å². The predicted molar refractivity (Wildman–Crippen MR) is 130 cm³/mol. The third-order valence-corrected chi connectivity index (χ3v) is 6.62. The number of aryl methyl sites for hydroxylation is 1. The van der Waals surface area contributed by atoms with Gasteiger partial charge in [0, 0.05) is 23.6 Å². The van der Waals surface area contributed by atoms with Crippen LogP contribution in [0.15, 0.2) is 48.5 Å². The van der Waals surface area contributed by atoms with Crippen molar-refractivity contribution in [3.63, 3.8) is 0 Å². The second-order valence-electron chi connectivity index (χ2n) is 10.3. The lowest BCUT2D eigenvalue weighted by Gasteiger charge is -2.38. The number of piperidine rings is 1. The Morgan fingerprint density at radius 1 is 1.09 bits per heavy atom. The fourth-order valence-corrected chi connectivity index (χ4v) is 4.81. The van der Waals surface area contributed by atoms with Crippen molar-refractivity contribution in [3.8, 4) is 11.5 Å². The Balaban J connectivity index is 1.24. The van der Waals surface area contributed by atoms with Crippen LogP contribution in [-0.4, -0.2) is 49.3 Å². The van der Waals surface area contributed by atoms with Gasteiger partial charge in [-0.1, -0.05) is 36.4 Å². The zero-order chi connectivity index (χ0) is 23.3. The van der Waals surface area contributed by atoms with Crippen LogP contribution in [0.4, 0.5) is 0 Å². The molecule has 2 aromatic rings. The van der Waals surface area contributed by atoms with E-state index in [0.717, 1.165) is 63.4 Å². The Labute approximate surface area is 198 Å². The van der Waals surface area contributed by atoms with Crippen LogP contribution in [-0.2, 0) is 21.4 Å². The van der Waals surface area contributed by atoms with Gasteiger partial charge in [0.25, 0.3) is 0 Å². The van der Waals surface area contributed by atoms with E-state index in [4.69, 9.17) is 14.2 Å². The number of carbonyl (C=O) groups is 1. The fraction of sp³-hybridized carbons (Fsp3) is 0.536. The van der Waals surface area contributed by atoms with Gasteiger partial charge in [0.05, 0.1) is 19.6 Å². The van der Waals surface area contributed by atoms with E-state index >= 15 is 0 Å². The van der Waals surface area contributed by atoms with Crippen LogP contribution in [0.25, 0.3) is 0 Å². The van der Waals surface area contributed by atoms with Gasteiger partial charge in [-0.3, -0.25) is 4.79 Å². The highest BCUT2D eigenvalue weighted by Gasteiger charge is 2.43. The first-order valence-electron chi connectivity index (χ1n) is 12.2. The number of ether oxygens (including phenoxy) is 3. The van der Waals surface area contributed by atoms with Crippen molar-refractivity contribution in [2.24, 2.45) is 0 Å². The first-order chi connectivity index (χ1) is 15.8. The molecule has 1 fully saturated rings. The van der Waals surface area contributed by atoms with Gasteiger partial charge in [0.2, 0.25) is 0 Å². The van der Waals surface area contributed by atoms with Crippen LogP contribution in [0.2, 0.25) is 0 Å². The zero-order valence-corrected chi connectivity index (χ0v) is 20.3. The number of likely N-dealkylation sites (tertiary alicyclic amines) is 1. The van der Waals surface area contributed by atoms with Crippen LogP contribution in [0.5, 0.6) is 11.5 Å². The molecule has 2 aliphatic rings. The van der Waals surface area contributed by atoms with Crippen LogP contribution < -0.4 is 9.47 Å². The molecule has 0 radical (unpaired) electrons. The summed E-state index contributed by atoms with van der Waals surface area (Å²) in [5.74, 6) is 1.74. The first kappa shape index (κ1) is 23.6. The summed E-state index contributed by atoms with van der Waals surface area (Å²) in [6, 6.07) is 16.9. The molecular formula is C28H37NO4. The first-order valence-corrected chi connectivity index (χ1v) is 12.2. The summed E-state index contributed by atoms with van der Waals surface area (Å²) in [6.07, 6.45) is 4.56. The summed E-state index contributed by atoms with van der Waals surface area (Å²) < 4.78 is 17.6. The minimum absolute atomic E-state index is 0.0869. The van der Waals surface area contributed by atoms with Gasteiger partial charge < -0.3 is 19.1 Å². The van der Waals surface area contributed by atoms with Crippen molar-refractivity contribution in [1.29, 1.82) is 0 Å². The molecule has 2 aromatic carbocycles. The Hall–Kier alpha value is -2.53. The number of carbonyl (C=O) groups excluding carboxylic acids is 1. The molecule has 5 nitrogen and oxygen atoms in total. The third kappa shape index (κ3) is 6.29. The summed E-state index contributed by atoms with van der Waals surface area (Å²) in [6.45, 7) is 9.88. The second-order valence-corrected chi connectivity index (χ2v) is 10.3. The lowest BCUT2D eigenvalue weighted by Crippen LogP contribution is -2.44. The largest absolute Gasteiger partial charge is 0.493 e. The van der Waals surface area contributed by atoms with Gasteiger partial charge in [-0.05, 0) is 71.2 Å². The number of nitrogens with zero attached hydrogens (tertiary/aromatic N) is 1. The van der Waals surface area contributed by atoms with Crippen LogP contribution in [0, 0.1) is 0 Å². The van der Waals surface area contributed by atoms with Crippen LogP contribution in [0.1, 0.15) is 57.6 Å². The highest BCUT2D eigenvalue weighted by molar-refractivity contribution is 5.70. The normalized spacial score (nSPS) is 17.4. The van der Waals surface area contributed by atoms with Crippen LogP contribution in [0.3, 0.4) is 0 Å². The van der Waals surface area contributed by atoms with Gasteiger partial charge in [-0.25, -0.2) is 0 Å². The molecule has 1 saturated heterocycles. The molecule has 0 atom stereocenters. The van der Waals surface area contributed by atoms with Crippen LogP contribution >= 0.6 is 0 Å². The van der Waals surface area contributed by atoms with Gasteiger partial charge in [-0.2, -0.15) is 0 Å². The molecule has 1 spiro atoms. The number of hydrogen-bond donors (Lipinski definition) is 0. The number of hydrogen-bond acceptors (Lipinski definition) is 5. The highest BCUT2D eigenvalue weighted by Crippen LogP contribution is 2.46. The molecule has 178 valence electrons. The molecule has 2 heterocycles. The van der Waals surface area contributed by atoms with E-state index < -0.39 is 5.60 Å². The van der Waals surface area contributed by atoms with Crippen molar-refractivity contribution >= 4 is 5.97 Å². The summed E-state index contributed by atoms with van der Waals surface area (Å²) in [4.78, 5) is 14.4. The monoisotopic (exact) mass is 451 g/mol. The average molecular weight is 452 g/mol. The lowest BCUT2D eigenvalue weighted by molar-refractivity contribution is -0.155. The number of rotatable bonds is 8. The molecule has 0 N–H and O–H groups in total. The van der Waals surface area contributed by atoms with E-state index in [1.54, 1.807) is 0 Å². The molecule has 0 aliphatic carbocycles. The summed E-state index contributed by atoms with van der Waals surface area (Å²) in [5.41, 5.74) is 2.32. The minimum atomic E-state index is -0.418. The van der Waals surface area contributed by atoms with Crippen molar-refractivity contribution in [2.75, 3.05) is 32.8 Å². The molecule has 2 aliphatic heterocycles. The summed E-state index contributed by atoms with van der Waals surface area (Å²) >= 11 is 0. The average Bonchev–Trinajstić information content (AvgIpc) is 3.13. The van der Waals surface area contributed by atoms with E-state index in [2.05, 4.69) is 47.4 Å². The Morgan fingerprint density at radius 2 is 1.85 bits per heavy atom. The zero-order valence-electron chi connectivity index (χ0n) is 20.3. The SMILES string of the molecule is CC(C)(C)OC(=O)CCN1CCC2(CC1)COc1cc(OCCCc3ccccc3)ccc12. The molecule has 0 aromatic heterocycles. The topological polar surface area (TPSA) is 48.0 Å². The fourth-order valence-electron chi connectivity index (χ4n) is 4.81. The summed E-state index contributed by atoms with van der Waals surface area (Å²) in [7, 11) is 0. The molecule has 5 heteroatoms. The number of benzene rings is 2. The third-order valence-electron chi connectivity index (χ3n) is 6.62. The summed E-state index contributed by atoms with van der Waals surface area (Å²) in [5, 5.41) is 0. The molecular weight excluding hydrogens is 414 g/mol. The van der Waals surface area contributed by atoms with Gasteiger partial charge in [-0.15, -0.1) is 0 Å². The lowest BCUT2D eigenvalue weighted by atomic mass is 9.74. The quantitative estimate of drug-likeness (QED) is 0.410. The standard InChI is InChI=1S/C28H37NO4/c1-27(2,3)33-26(30)13-16-29-17-14-28(15-18-29)21-32-25-20-23(11-12-24(25)28)31-19-7-10-22-8-5-4-6-9-22/h4-6,8-9,11-12,20H,7,10,13-19,21H2,1-3H3. The van der Waals surface area contributed by atoms with Crippen molar-refractivity contribution in [3.05, 3.63) is 59.7 Å². The van der Waals surface area contributed by atoms with E-state index in [0.29, 0.717) is 13.0 Å². The van der Waals surface area contributed by atoms with Crippen molar-refractivity contribution in [1.82, 2.24) is 4.90 Å². The van der Waals surface area contributed by atoms with E-state index in [9.17, 15) is 4.79 Å². The van der Waals surface area contributed by atoms with Gasteiger partial charge >= 0.3 is 5.97 Å². The smallest absolute Gasteiger partial charge is 0.307 e. The molecule has 0 saturated carbocycles. The minimum Gasteiger partial charge on any atom is -0.493 e. The van der Waals surface area contributed by atoms with E-state index in [1.165, 1.54) is 11.1 Å². The molecule has 33 heavy (non-hydrogen) atoms. The second kappa shape index (κ2) is 10.2. The Kier molecular flexibility index (Phi) is 7.28. The highest BCUT2D eigenvalue weighted by atomic mass is 16.6. The number of esters is 1. The predicted octanol–water partition coefficient (Wildman–Crippen LogP) is 5.16. The molecule has 0 bridgehead atoms. The van der Waals surface area contributed by atoms with E-state index in [-0.39, 0.29) is 11.4 Å². The van der Waals surface area contributed by atoms with Gasteiger partial charge in [0.1, 0.15) is 17.1 Å². The number of fused-ring (bicyclic) bond motifs is 2. The Bertz CT molecular complexity index is 927. The molecule has 0 amide bonds. The molecule has 4 rings (SSSR count). The Morgan fingerprint density at radius 3 is 2.58 bits per heavy atom. The van der Waals surface area contributed by atoms with Gasteiger partial charge in [0.15, 0.2) is 0 Å². The maximum Gasteiger partial charge on any atom is 0.307 e. The van der Waals surface area contributed by atoms with E-state index in [1.807, 2.05) is 26.8 Å².